The minimum atomic E-state index is 0.402. The van der Waals surface area contributed by atoms with Gasteiger partial charge in [-0.05, 0) is 18.3 Å². The van der Waals surface area contributed by atoms with Crippen LogP contribution in [-0.4, -0.2) is 73.5 Å². The molecule has 2 rings (SSSR count). The van der Waals surface area contributed by atoms with Gasteiger partial charge in [-0.15, -0.1) is 0 Å². The molecule has 0 amide bonds. The Bertz CT molecular complexity index is 305. The molecule has 0 aromatic heterocycles. The van der Waals surface area contributed by atoms with Gasteiger partial charge in [-0.3, -0.25) is 9.89 Å². The molecule has 4 nitrogen and oxygen atoms in total. The molecule has 2 heterocycles. The van der Waals surface area contributed by atoms with Crippen molar-refractivity contribution in [1.29, 1.82) is 0 Å². The first kappa shape index (κ1) is 14.6. The fourth-order valence-corrected chi connectivity index (χ4v) is 3.18. The fourth-order valence-electron chi connectivity index (χ4n) is 3.18. The molecule has 2 saturated heterocycles. The summed E-state index contributed by atoms with van der Waals surface area (Å²) in [5.74, 6) is 1.23. The number of rotatable bonds is 1. The molecule has 0 bridgehead atoms. The second kappa shape index (κ2) is 6.12. The first-order chi connectivity index (χ1) is 8.99. The van der Waals surface area contributed by atoms with E-state index >= 15 is 0 Å². The van der Waals surface area contributed by atoms with Crippen LogP contribution in [0.3, 0.4) is 0 Å². The van der Waals surface area contributed by atoms with Gasteiger partial charge in [0, 0.05) is 52.9 Å². The number of hydrogen-bond donors (Lipinski definition) is 0. The lowest BCUT2D eigenvalue weighted by Gasteiger charge is -2.40. The van der Waals surface area contributed by atoms with Crippen molar-refractivity contribution in [1.82, 2.24) is 14.7 Å². The van der Waals surface area contributed by atoms with Gasteiger partial charge in [0.05, 0.1) is 0 Å². The van der Waals surface area contributed by atoms with Crippen molar-refractivity contribution >= 4 is 5.96 Å². The van der Waals surface area contributed by atoms with E-state index in [4.69, 9.17) is 0 Å². The van der Waals surface area contributed by atoms with E-state index in [0.717, 1.165) is 13.1 Å². The van der Waals surface area contributed by atoms with Crippen LogP contribution in [0.4, 0.5) is 0 Å². The Morgan fingerprint density at radius 3 is 1.89 bits per heavy atom. The molecule has 2 fully saturated rings. The van der Waals surface area contributed by atoms with Crippen LogP contribution in [0, 0.1) is 5.41 Å². The highest BCUT2D eigenvalue weighted by molar-refractivity contribution is 5.80. The molecule has 0 N–H and O–H groups in total. The van der Waals surface area contributed by atoms with Crippen molar-refractivity contribution in [2.24, 2.45) is 10.4 Å². The zero-order valence-corrected chi connectivity index (χ0v) is 13.2. The molecule has 0 aliphatic carbocycles. The Kier molecular flexibility index (Phi) is 4.71. The highest BCUT2D eigenvalue weighted by atomic mass is 15.4. The van der Waals surface area contributed by atoms with Gasteiger partial charge in [-0.2, -0.15) is 0 Å². The molecule has 0 aromatic rings. The SMILES string of the molecule is CN=C(N1CCCC1)N1CCN(CC(C)(C)C)CC1. The molecule has 0 aromatic carbocycles. The number of nitrogens with zero attached hydrogens (tertiary/aromatic N) is 4. The first-order valence-corrected chi connectivity index (χ1v) is 7.69. The van der Waals surface area contributed by atoms with Crippen molar-refractivity contribution in [2.45, 2.75) is 33.6 Å². The molecule has 110 valence electrons. The topological polar surface area (TPSA) is 22.1 Å². The minimum absolute atomic E-state index is 0.402. The average Bonchev–Trinajstić information content (AvgIpc) is 2.84. The second-order valence-electron chi connectivity index (χ2n) is 7.04. The minimum Gasteiger partial charge on any atom is -0.343 e. The maximum absolute atomic E-state index is 4.54. The van der Waals surface area contributed by atoms with E-state index in [1.165, 1.54) is 51.5 Å². The monoisotopic (exact) mass is 266 g/mol. The van der Waals surface area contributed by atoms with Gasteiger partial charge in [0.15, 0.2) is 5.96 Å². The van der Waals surface area contributed by atoms with Gasteiger partial charge in [0.2, 0.25) is 0 Å². The Hall–Kier alpha value is -0.770. The summed E-state index contributed by atoms with van der Waals surface area (Å²) in [5.41, 5.74) is 0.402. The van der Waals surface area contributed by atoms with Crippen LogP contribution >= 0.6 is 0 Å². The number of guanidine groups is 1. The quantitative estimate of drug-likeness (QED) is 0.533. The summed E-state index contributed by atoms with van der Waals surface area (Å²) in [6, 6.07) is 0. The van der Waals surface area contributed by atoms with Crippen LogP contribution < -0.4 is 0 Å². The lowest BCUT2D eigenvalue weighted by molar-refractivity contribution is 0.130. The van der Waals surface area contributed by atoms with Gasteiger partial charge in [0.25, 0.3) is 0 Å². The van der Waals surface area contributed by atoms with E-state index in [1.807, 2.05) is 7.05 Å². The first-order valence-electron chi connectivity index (χ1n) is 7.69. The Morgan fingerprint density at radius 1 is 0.895 bits per heavy atom. The smallest absolute Gasteiger partial charge is 0.196 e. The Morgan fingerprint density at radius 2 is 1.42 bits per heavy atom. The van der Waals surface area contributed by atoms with Gasteiger partial charge in [0.1, 0.15) is 0 Å². The van der Waals surface area contributed by atoms with Crippen LogP contribution in [0.5, 0.6) is 0 Å². The molecule has 0 spiro atoms. The molecular weight excluding hydrogens is 236 g/mol. The van der Waals surface area contributed by atoms with E-state index in [9.17, 15) is 0 Å². The van der Waals surface area contributed by atoms with E-state index < -0.39 is 0 Å². The highest BCUT2D eigenvalue weighted by Gasteiger charge is 2.26. The summed E-state index contributed by atoms with van der Waals surface area (Å²) >= 11 is 0. The van der Waals surface area contributed by atoms with Gasteiger partial charge in [-0.1, -0.05) is 20.8 Å². The number of aliphatic imine (C=N–C) groups is 1. The molecular formula is C15H30N4. The number of hydrogen-bond acceptors (Lipinski definition) is 2. The number of piperazine rings is 1. The van der Waals surface area contributed by atoms with Crippen LogP contribution in [-0.2, 0) is 0 Å². The summed E-state index contributed by atoms with van der Waals surface area (Å²) in [7, 11) is 1.94. The number of likely N-dealkylation sites (tertiary alicyclic amines) is 1. The third kappa shape index (κ3) is 4.10. The largest absolute Gasteiger partial charge is 0.343 e. The predicted molar refractivity (Wildman–Crippen MR) is 81.6 cm³/mol. The molecule has 0 saturated carbocycles. The van der Waals surface area contributed by atoms with Gasteiger partial charge < -0.3 is 9.80 Å². The Labute approximate surface area is 118 Å². The maximum atomic E-state index is 4.54. The van der Waals surface area contributed by atoms with Crippen LogP contribution in [0.1, 0.15) is 33.6 Å². The molecule has 2 aliphatic heterocycles. The normalized spacial score (nSPS) is 23.3. The lowest BCUT2D eigenvalue weighted by atomic mass is 9.96. The third-order valence-electron chi connectivity index (χ3n) is 3.94. The van der Waals surface area contributed by atoms with Crippen LogP contribution in [0.15, 0.2) is 4.99 Å². The van der Waals surface area contributed by atoms with E-state index in [0.29, 0.717) is 5.41 Å². The van der Waals surface area contributed by atoms with E-state index in [1.54, 1.807) is 0 Å². The predicted octanol–water partition coefficient (Wildman–Crippen LogP) is 1.73. The van der Waals surface area contributed by atoms with E-state index in [2.05, 4.69) is 40.5 Å². The van der Waals surface area contributed by atoms with Gasteiger partial charge >= 0.3 is 0 Å². The van der Waals surface area contributed by atoms with Crippen molar-refractivity contribution in [3.8, 4) is 0 Å². The lowest BCUT2D eigenvalue weighted by Crippen LogP contribution is -2.54. The van der Waals surface area contributed by atoms with Gasteiger partial charge in [-0.25, -0.2) is 0 Å². The Balaban J connectivity index is 1.85. The van der Waals surface area contributed by atoms with Crippen molar-refractivity contribution in [2.75, 3.05) is 52.9 Å². The summed E-state index contributed by atoms with van der Waals surface area (Å²) in [6.45, 7) is 15.1. The zero-order chi connectivity index (χ0) is 13.9. The zero-order valence-electron chi connectivity index (χ0n) is 13.2. The fraction of sp³-hybridized carbons (Fsp3) is 0.933. The molecule has 0 radical (unpaired) electrons. The molecule has 0 unspecified atom stereocenters. The van der Waals surface area contributed by atoms with Crippen LogP contribution in [0.2, 0.25) is 0 Å². The highest BCUT2D eigenvalue weighted by Crippen LogP contribution is 2.17. The van der Waals surface area contributed by atoms with Crippen molar-refractivity contribution in [3.05, 3.63) is 0 Å². The molecule has 4 heteroatoms. The third-order valence-corrected chi connectivity index (χ3v) is 3.94. The second-order valence-corrected chi connectivity index (χ2v) is 7.04. The van der Waals surface area contributed by atoms with E-state index in [-0.39, 0.29) is 0 Å². The average molecular weight is 266 g/mol. The summed E-state index contributed by atoms with van der Waals surface area (Å²) in [4.78, 5) is 12.1. The summed E-state index contributed by atoms with van der Waals surface area (Å²) in [5, 5.41) is 0. The molecule has 19 heavy (non-hydrogen) atoms. The standard InChI is InChI=1S/C15H30N4/c1-15(2,3)13-17-9-11-19(12-10-17)14(16-4)18-7-5-6-8-18/h5-13H2,1-4H3. The van der Waals surface area contributed by atoms with Crippen molar-refractivity contribution in [3.63, 3.8) is 0 Å². The van der Waals surface area contributed by atoms with Crippen molar-refractivity contribution < 1.29 is 0 Å². The maximum Gasteiger partial charge on any atom is 0.196 e. The summed E-state index contributed by atoms with van der Waals surface area (Å²) < 4.78 is 0. The van der Waals surface area contributed by atoms with Crippen LogP contribution in [0.25, 0.3) is 0 Å². The molecule has 2 aliphatic rings. The summed E-state index contributed by atoms with van der Waals surface area (Å²) in [6.07, 6.45) is 2.64. The molecule has 0 atom stereocenters.